The Bertz CT molecular complexity index is 1040. The second-order valence-corrected chi connectivity index (χ2v) is 7.80. The van der Waals surface area contributed by atoms with Crippen LogP contribution < -0.4 is 5.32 Å². The number of nitriles is 1. The van der Waals surface area contributed by atoms with Gasteiger partial charge in [0.2, 0.25) is 0 Å². The van der Waals surface area contributed by atoms with Gasteiger partial charge < -0.3 is 5.32 Å². The molecular formula is C23H23N3S. The van der Waals surface area contributed by atoms with Crippen LogP contribution >= 0.6 is 11.3 Å². The van der Waals surface area contributed by atoms with Crippen LogP contribution in [0.2, 0.25) is 0 Å². The molecule has 3 aromatic rings. The van der Waals surface area contributed by atoms with E-state index < -0.39 is 0 Å². The molecule has 0 atom stereocenters. The molecule has 0 bridgehead atoms. The molecule has 0 fully saturated rings. The number of nitrogens with one attached hydrogen (secondary N) is 1. The number of rotatable bonds is 4. The van der Waals surface area contributed by atoms with Crippen molar-refractivity contribution >= 4 is 22.6 Å². The van der Waals surface area contributed by atoms with Crippen molar-refractivity contribution in [2.24, 2.45) is 0 Å². The van der Waals surface area contributed by atoms with E-state index in [0.717, 1.165) is 33.1 Å². The Kier molecular flexibility index (Phi) is 5.43. The molecule has 0 saturated carbocycles. The predicted octanol–water partition coefficient (Wildman–Crippen LogP) is 6.33. The summed E-state index contributed by atoms with van der Waals surface area (Å²) in [5, 5.41) is 15.7. The zero-order valence-electron chi connectivity index (χ0n) is 16.3. The van der Waals surface area contributed by atoms with Gasteiger partial charge in [0.1, 0.15) is 16.6 Å². The molecule has 3 nitrogen and oxygen atoms in total. The average molecular weight is 374 g/mol. The lowest BCUT2D eigenvalue weighted by Crippen LogP contribution is -1.97. The number of hydrogen-bond donors (Lipinski definition) is 1. The lowest BCUT2D eigenvalue weighted by molar-refractivity contribution is 1.30. The fourth-order valence-corrected chi connectivity index (χ4v) is 4.10. The fraction of sp³-hybridized carbons (Fsp3) is 0.217. The summed E-state index contributed by atoms with van der Waals surface area (Å²) in [5.74, 6) is 0. The number of aromatic nitrogens is 1. The van der Waals surface area contributed by atoms with Crippen LogP contribution in [-0.4, -0.2) is 4.98 Å². The Morgan fingerprint density at radius 3 is 2.30 bits per heavy atom. The molecule has 0 aliphatic heterocycles. The SMILES string of the molecule is Cc1ccc(-c2csc(C(C#N)=CNc3c(C)cc(C)cc3C)n2)c(C)c1. The number of anilines is 1. The van der Waals surface area contributed by atoms with Gasteiger partial charge in [-0.05, 0) is 51.3 Å². The van der Waals surface area contributed by atoms with Gasteiger partial charge in [-0.25, -0.2) is 4.98 Å². The first-order valence-electron chi connectivity index (χ1n) is 8.87. The second kappa shape index (κ2) is 7.77. The third-order valence-corrected chi connectivity index (χ3v) is 5.43. The van der Waals surface area contributed by atoms with Crippen LogP contribution in [0.4, 0.5) is 5.69 Å². The molecule has 3 rings (SSSR count). The van der Waals surface area contributed by atoms with Gasteiger partial charge in [0.15, 0.2) is 0 Å². The molecule has 1 aromatic heterocycles. The smallest absolute Gasteiger partial charge is 0.136 e. The molecule has 136 valence electrons. The summed E-state index contributed by atoms with van der Waals surface area (Å²) >= 11 is 1.49. The van der Waals surface area contributed by atoms with Gasteiger partial charge in [-0.3, -0.25) is 0 Å². The van der Waals surface area contributed by atoms with Crippen molar-refractivity contribution in [3.63, 3.8) is 0 Å². The summed E-state index contributed by atoms with van der Waals surface area (Å²) in [6, 6.07) is 12.9. The summed E-state index contributed by atoms with van der Waals surface area (Å²) in [4.78, 5) is 4.70. The summed E-state index contributed by atoms with van der Waals surface area (Å²) < 4.78 is 0. The second-order valence-electron chi connectivity index (χ2n) is 6.94. The van der Waals surface area contributed by atoms with Crippen molar-refractivity contribution in [1.82, 2.24) is 4.98 Å². The largest absolute Gasteiger partial charge is 0.360 e. The predicted molar refractivity (Wildman–Crippen MR) is 115 cm³/mol. The first-order valence-corrected chi connectivity index (χ1v) is 9.75. The number of allylic oxidation sites excluding steroid dienone is 1. The maximum Gasteiger partial charge on any atom is 0.136 e. The lowest BCUT2D eigenvalue weighted by Gasteiger charge is -2.11. The molecule has 0 unspecified atom stereocenters. The molecule has 4 heteroatoms. The van der Waals surface area contributed by atoms with E-state index >= 15 is 0 Å². The number of benzene rings is 2. The average Bonchev–Trinajstić information content (AvgIpc) is 3.06. The van der Waals surface area contributed by atoms with Gasteiger partial charge >= 0.3 is 0 Å². The normalized spacial score (nSPS) is 11.3. The number of aryl methyl sites for hydroxylation is 5. The van der Waals surface area contributed by atoms with Gasteiger partial charge in [0.05, 0.1) is 5.69 Å². The Morgan fingerprint density at radius 1 is 1.00 bits per heavy atom. The van der Waals surface area contributed by atoms with Gasteiger partial charge in [-0.2, -0.15) is 5.26 Å². The van der Waals surface area contributed by atoms with Crippen LogP contribution in [0.3, 0.4) is 0 Å². The number of thiazole rings is 1. The standard InChI is InChI=1S/C23H23N3S/c1-14-6-7-20(16(3)8-14)21-13-27-23(26-21)19(11-24)12-25-22-17(4)9-15(2)10-18(22)5/h6-10,12-13,25H,1-5H3. The van der Waals surface area contributed by atoms with Gasteiger partial charge in [0, 0.05) is 22.8 Å². The van der Waals surface area contributed by atoms with Crippen molar-refractivity contribution in [2.75, 3.05) is 5.32 Å². The van der Waals surface area contributed by atoms with E-state index in [0.29, 0.717) is 5.57 Å². The van der Waals surface area contributed by atoms with E-state index in [1.54, 1.807) is 6.20 Å². The highest BCUT2D eigenvalue weighted by atomic mass is 32.1. The summed E-state index contributed by atoms with van der Waals surface area (Å²) in [6.45, 7) is 10.4. The monoisotopic (exact) mass is 373 g/mol. The Balaban J connectivity index is 1.90. The molecular weight excluding hydrogens is 350 g/mol. The number of hydrogen-bond acceptors (Lipinski definition) is 4. The molecule has 2 aromatic carbocycles. The van der Waals surface area contributed by atoms with Crippen molar-refractivity contribution in [3.8, 4) is 17.3 Å². The van der Waals surface area contributed by atoms with Crippen molar-refractivity contribution < 1.29 is 0 Å². The molecule has 0 aliphatic carbocycles. The van der Waals surface area contributed by atoms with Crippen LogP contribution in [0.1, 0.15) is 32.8 Å². The van der Waals surface area contributed by atoms with E-state index in [4.69, 9.17) is 4.98 Å². The van der Waals surface area contributed by atoms with Crippen LogP contribution in [0, 0.1) is 45.9 Å². The maximum atomic E-state index is 9.62. The quantitative estimate of drug-likeness (QED) is 0.544. The van der Waals surface area contributed by atoms with Crippen molar-refractivity contribution in [3.05, 3.63) is 74.7 Å². The molecule has 0 amide bonds. The molecule has 27 heavy (non-hydrogen) atoms. The molecule has 0 saturated heterocycles. The van der Waals surface area contributed by atoms with E-state index in [9.17, 15) is 5.26 Å². The fourth-order valence-electron chi connectivity index (χ4n) is 3.32. The minimum absolute atomic E-state index is 0.537. The highest BCUT2D eigenvalue weighted by molar-refractivity contribution is 7.11. The first kappa shape index (κ1) is 18.9. The summed E-state index contributed by atoms with van der Waals surface area (Å²) in [7, 11) is 0. The Morgan fingerprint density at radius 2 is 1.67 bits per heavy atom. The van der Waals surface area contributed by atoms with Crippen LogP contribution in [0.15, 0.2) is 41.9 Å². The molecule has 0 aliphatic rings. The lowest BCUT2D eigenvalue weighted by atomic mass is 10.0. The third kappa shape index (κ3) is 4.10. The topological polar surface area (TPSA) is 48.7 Å². The third-order valence-electron chi connectivity index (χ3n) is 4.55. The van der Waals surface area contributed by atoms with Crippen molar-refractivity contribution in [1.29, 1.82) is 5.26 Å². The Hall–Kier alpha value is -2.90. The van der Waals surface area contributed by atoms with E-state index in [1.807, 2.05) is 5.38 Å². The molecule has 0 radical (unpaired) electrons. The van der Waals surface area contributed by atoms with E-state index in [-0.39, 0.29) is 0 Å². The summed E-state index contributed by atoms with van der Waals surface area (Å²) in [5.41, 5.74) is 9.59. The first-order chi connectivity index (χ1) is 12.9. The van der Waals surface area contributed by atoms with E-state index in [1.165, 1.54) is 28.0 Å². The maximum absolute atomic E-state index is 9.62. The van der Waals surface area contributed by atoms with Crippen LogP contribution in [0.25, 0.3) is 16.8 Å². The Labute approximate surface area is 165 Å². The highest BCUT2D eigenvalue weighted by Gasteiger charge is 2.11. The minimum Gasteiger partial charge on any atom is -0.360 e. The minimum atomic E-state index is 0.537. The molecule has 0 spiro atoms. The van der Waals surface area contributed by atoms with Crippen LogP contribution in [0.5, 0.6) is 0 Å². The number of nitrogens with zero attached hydrogens (tertiary/aromatic N) is 2. The summed E-state index contributed by atoms with van der Waals surface area (Å²) in [6.07, 6.45) is 1.76. The van der Waals surface area contributed by atoms with Gasteiger partial charge in [-0.1, -0.05) is 41.5 Å². The zero-order valence-corrected chi connectivity index (χ0v) is 17.2. The van der Waals surface area contributed by atoms with Gasteiger partial charge in [0.25, 0.3) is 0 Å². The van der Waals surface area contributed by atoms with E-state index in [2.05, 4.69) is 76.3 Å². The van der Waals surface area contributed by atoms with Crippen molar-refractivity contribution in [2.45, 2.75) is 34.6 Å². The van der Waals surface area contributed by atoms with Crippen LogP contribution in [-0.2, 0) is 0 Å². The zero-order chi connectivity index (χ0) is 19.6. The molecule has 1 N–H and O–H groups in total. The molecule has 1 heterocycles. The highest BCUT2D eigenvalue weighted by Crippen LogP contribution is 2.29. The van der Waals surface area contributed by atoms with Gasteiger partial charge in [-0.15, -0.1) is 11.3 Å².